The van der Waals surface area contributed by atoms with Gasteiger partial charge in [0, 0.05) is 6.54 Å². The van der Waals surface area contributed by atoms with Crippen molar-refractivity contribution in [3.63, 3.8) is 0 Å². The molecule has 1 fully saturated rings. The summed E-state index contributed by atoms with van der Waals surface area (Å²) in [5, 5.41) is 3.57. The minimum Gasteiger partial charge on any atom is -0.364 e. The first-order valence-electron chi connectivity index (χ1n) is 7.81. The Morgan fingerprint density at radius 3 is 2.69 bits per heavy atom. The molecule has 0 radical (unpaired) electrons. The van der Waals surface area contributed by atoms with Gasteiger partial charge in [-0.05, 0) is 25.0 Å². The normalized spacial score (nSPS) is 19.1. The minimum atomic E-state index is -4.45. The number of hydrogen-bond acceptors (Lipinski definition) is 6. The van der Waals surface area contributed by atoms with Crippen LogP contribution in [0.15, 0.2) is 39.8 Å². The average molecular weight is 391 g/mol. The van der Waals surface area contributed by atoms with Gasteiger partial charge in [-0.15, -0.1) is 0 Å². The Labute approximate surface area is 147 Å². The molecule has 1 aromatic carbocycles. The fourth-order valence-electron chi connectivity index (χ4n) is 2.72. The van der Waals surface area contributed by atoms with Crippen LogP contribution in [0.25, 0.3) is 0 Å². The van der Waals surface area contributed by atoms with Gasteiger partial charge in [-0.3, -0.25) is 0 Å². The van der Waals surface area contributed by atoms with E-state index in [1.165, 1.54) is 16.4 Å². The van der Waals surface area contributed by atoms with Crippen molar-refractivity contribution >= 4 is 10.0 Å². The SMILES string of the molecule is O=S(=O)(c1ccccc1)N1CCCC1c1nc(COCC(F)(F)F)no1. The summed E-state index contributed by atoms with van der Waals surface area (Å²) >= 11 is 0. The third kappa shape index (κ3) is 4.22. The molecule has 0 bridgehead atoms. The standard InChI is InChI=1S/C15H16F3N3O4S/c16-15(17,18)10-24-9-13-19-14(25-20-13)12-7-4-8-21(12)26(22,23)11-5-2-1-3-6-11/h1-3,5-6,12H,4,7-10H2. The van der Waals surface area contributed by atoms with E-state index in [1.54, 1.807) is 18.2 Å². The number of hydrogen-bond donors (Lipinski definition) is 0. The van der Waals surface area contributed by atoms with Crippen molar-refractivity contribution in [3.8, 4) is 0 Å². The quantitative estimate of drug-likeness (QED) is 0.753. The molecule has 3 rings (SSSR count). The van der Waals surface area contributed by atoms with Gasteiger partial charge in [0.2, 0.25) is 15.9 Å². The van der Waals surface area contributed by atoms with E-state index >= 15 is 0 Å². The van der Waals surface area contributed by atoms with Crippen LogP contribution in [-0.4, -0.2) is 42.2 Å². The minimum absolute atomic E-state index is 0.0487. The Bertz CT molecular complexity index is 839. The maximum absolute atomic E-state index is 12.8. The lowest BCUT2D eigenvalue weighted by Gasteiger charge is -2.21. The predicted octanol–water partition coefficient (Wildman–Crippen LogP) is 2.67. The Balaban J connectivity index is 1.73. The molecule has 1 saturated heterocycles. The lowest BCUT2D eigenvalue weighted by molar-refractivity contribution is -0.177. The first-order chi connectivity index (χ1) is 12.3. The Morgan fingerprint density at radius 1 is 1.27 bits per heavy atom. The first kappa shape index (κ1) is 18.8. The van der Waals surface area contributed by atoms with Crippen molar-refractivity contribution in [2.45, 2.75) is 36.6 Å². The number of aromatic nitrogens is 2. The molecule has 142 valence electrons. The monoisotopic (exact) mass is 391 g/mol. The van der Waals surface area contributed by atoms with Crippen LogP contribution in [0, 0.1) is 0 Å². The molecule has 1 atom stereocenters. The number of nitrogens with zero attached hydrogens (tertiary/aromatic N) is 3. The van der Waals surface area contributed by atoms with Crippen LogP contribution in [0.2, 0.25) is 0 Å². The summed E-state index contributed by atoms with van der Waals surface area (Å²) in [5.41, 5.74) is 0. The van der Waals surface area contributed by atoms with Gasteiger partial charge in [-0.1, -0.05) is 23.4 Å². The summed E-state index contributed by atoms with van der Waals surface area (Å²) < 4.78 is 72.7. The van der Waals surface area contributed by atoms with Gasteiger partial charge in [0.25, 0.3) is 0 Å². The average Bonchev–Trinajstić information content (AvgIpc) is 3.23. The molecule has 0 spiro atoms. The van der Waals surface area contributed by atoms with Crippen LogP contribution in [-0.2, 0) is 21.4 Å². The molecule has 1 aromatic heterocycles. The van der Waals surface area contributed by atoms with Crippen molar-refractivity contribution in [2.75, 3.05) is 13.2 Å². The summed E-state index contributed by atoms with van der Waals surface area (Å²) in [7, 11) is -3.74. The van der Waals surface area contributed by atoms with Gasteiger partial charge < -0.3 is 9.26 Å². The van der Waals surface area contributed by atoms with E-state index in [9.17, 15) is 21.6 Å². The molecule has 26 heavy (non-hydrogen) atoms. The van der Waals surface area contributed by atoms with E-state index in [0.29, 0.717) is 19.4 Å². The van der Waals surface area contributed by atoms with Gasteiger partial charge in [0.15, 0.2) is 5.82 Å². The second-order valence-corrected chi connectivity index (χ2v) is 7.63. The summed E-state index contributed by atoms with van der Waals surface area (Å²) in [6.45, 7) is -1.60. The Kier molecular flexibility index (Phi) is 5.30. The van der Waals surface area contributed by atoms with E-state index < -0.39 is 35.5 Å². The first-order valence-corrected chi connectivity index (χ1v) is 9.25. The molecule has 2 heterocycles. The highest BCUT2D eigenvalue weighted by molar-refractivity contribution is 7.89. The van der Waals surface area contributed by atoms with Gasteiger partial charge in [-0.25, -0.2) is 8.42 Å². The highest BCUT2D eigenvalue weighted by Gasteiger charge is 2.39. The molecule has 0 aliphatic carbocycles. The summed E-state index contributed by atoms with van der Waals surface area (Å²) in [6, 6.07) is 7.31. The van der Waals surface area contributed by atoms with E-state index in [0.717, 1.165) is 0 Å². The van der Waals surface area contributed by atoms with Crippen LogP contribution < -0.4 is 0 Å². The summed E-state index contributed by atoms with van der Waals surface area (Å²) in [5.74, 6) is -0.0131. The zero-order chi connectivity index (χ0) is 18.8. The van der Waals surface area contributed by atoms with Gasteiger partial charge in [-0.2, -0.15) is 22.5 Å². The van der Waals surface area contributed by atoms with Crippen LogP contribution in [0.1, 0.15) is 30.6 Å². The molecule has 2 aromatic rings. The molecule has 7 nitrogen and oxygen atoms in total. The molecule has 0 N–H and O–H groups in total. The molecule has 1 unspecified atom stereocenters. The Morgan fingerprint density at radius 2 is 2.00 bits per heavy atom. The fraction of sp³-hybridized carbons (Fsp3) is 0.467. The molecule has 1 aliphatic heterocycles. The van der Waals surface area contributed by atoms with Crippen LogP contribution in [0.5, 0.6) is 0 Å². The maximum Gasteiger partial charge on any atom is 0.411 e. The van der Waals surface area contributed by atoms with Crippen LogP contribution in [0.3, 0.4) is 0 Å². The van der Waals surface area contributed by atoms with E-state index in [-0.39, 0.29) is 16.6 Å². The van der Waals surface area contributed by atoms with Crippen LogP contribution >= 0.6 is 0 Å². The summed E-state index contributed by atoms with van der Waals surface area (Å²) in [4.78, 5) is 4.15. The van der Waals surface area contributed by atoms with Crippen molar-refractivity contribution in [3.05, 3.63) is 42.0 Å². The largest absolute Gasteiger partial charge is 0.411 e. The number of rotatable bonds is 6. The van der Waals surface area contributed by atoms with Gasteiger partial charge in [0.05, 0.1) is 4.90 Å². The maximum atomic E-state index is 12.8. The van der Waals surface area contributed by atoms with Crippen molar-refractivity contribution < 1.29 is 30.8 Å². The topological polar surface area (TPSA) is 85.5 Å². The number of ether oxygens (including phenoxy) is 1. The number of benzene rings is 1. The van der Waals surface area contributed by atoms with Crippen molar-refractivity contribution in [2.24, 2.45) is 0 Å². The van der Waals surface area contributed by atoms with E-state index in [1.807, 2.05) is 0 Å². The van der Waals surface area contributed by atoms with E-state index in [2.05, 4.69) is 14.9 Å². The number of sulfonamides is 1. The smallest absolute Gasteiger partial charge is 0.364 e. The van der Waals surface area contributed by atoms with Gasteiger partial charge in [0.1, 0.15) is 19.3 Å². The third-order valence-electron chi connectivity index (χ3n) is 3.82. The zero-order valence-electron chi connectivity index (χ0n) is 13.5. The lowest BCUT2D eigenvalue weighted by atomic mass is 10.2. The molecule has 0 amide bonds. The molecule has 0 saturated carbocycles. The second-order valence-electron chi connectivity index (χ2n) is 5.74. The zero-order valence-corrected chi connectivity index (χ0v) is 14.3. The number of alkyl halides is 3. The van der Waals surface area contributed by atoms with E-state index in [4.69, 9.17) is 4.52 Å². The second kappa shape index (κ2) is 7.33. The third-order valence-corrected chi connectivity index (χ3v) is 5.74. The van der Waals surface area contributed by atoms with Crippen molar-refractivity contribution in [1.82, 2.24) is 14.4 Å². The fourth-order valence-corrected chi connectivity index (χ4v) is 4.39. The molecular formula is C15H16F3N3O4S. The summed E-state index contributed by atoms with van der Waals surface area (Å²) in [6.07, 6.45) is -3.35. The van der Waals surface area contributed by atoms with Crippen LogP contribution in [0.4, 0.5) is 13.2 Å². The number of halogens is 3. The van der Waals surface area contributed by atoms with Gasteiger partial charge >= 0.3 is 6.18 Å². The van der Waals surface area contributed by atoms with Crippen molar-refractivity contribution in [1.29, 1.82) is 0 Å². The molecule has 1 aliphatic rings. The lowest BCUT2D eigenvalue weighted by Crippen LogP contribution is -2.30. The highest BCUT2D eigenvalue weighted by atomic mass is 32.2. The Hall–Kier alpha value is -1.98. The highest BCUT2D eigenvalue weighted by Crippen LogP contribution is 2.35. The predicted molar refractivity (Wildman–Crippen MR) is 82.3 cm³/mol. The molecular weight excluding hydrogens is 375 g/mol. The molecule has 11 heteroatoms.